The molecule has 0 bridgehead atoms. The molecule has 0 spiro atoms. The van der Waals surface area contributed by atoms with Crippen LogP contribution in [0.5, 0.6) is 0 Å². The number of fused-ring (bicyclic) bond motifs is 10. The Morgan fingerprint density at radius 1 is 0.517 bits per heavy atom. The summed E-state index contributed by atoms with van der Waals surface area (Å²) in [6.07, 6.45) is 2.37. The van der Waals surface area contributed by atoms with Crippen molar-refractivity contribution < 1.29 is 4.57 Å². The molecular weight excluding hydrogens is 350 g/mol. The highest BCUT2D eigenvalue weighted by Gasteiger charge is 2.28. The van der Waals surface area contributed by atoms with E-state index in [1.807, 2.05) is 0 Å². The molecule has 6 aromatic rings. The highest BCUT2D eigenvalue weighted by atomic mass is 15.0. The fraction of sp³-hybridized carbons (Fsp3) is 0.0357. The molecule has 0 N–H and O–H groups in total. The van der Waals surface area contributed by atoms with E-state index in [9.17, 15) is 0 Å². The molecule has 0 fully saturated rings. The van der Waals surface area contributed by atoms with Gasteiger partial charge in [0.25, 0.3) is 0 Å². The van der Waals surface area contributed by atoms with Crippen molar-refractivity contribution in [2.24, 2.45) is 0 Å². The van der Waals surface area contributed by atoms with Gasteiger partial charge >= 0.3 is 0 Å². The summed E-state index contributed by atoms with van der Waals surface area (Å²) in [6.45, 7) is 0.937. The SMILES string of the molecule is c1ccc2cc3c(cc2c1)C[n+]1cc2c4ccccc4c4ccccc4c2cc1-3. The quantitative estimate of drug-likeness (QED) is 0.209. The molecule has 7 rings (SSSR count). The molecule has 0 aliphatic carbocycles. The van der Waals surface area contributed by atoms with Crippen LogP contribution in [-0.4, -0.2) is 0 Å². The number of pyridine rings is 1. The minimum Gasteiger partial charge on any atom is -0.193 e. The van der Waals surface area contributed by atoms with Crippen LogP contribution in [0.25, 0.3) is 54.3 Å². The first-order chi connectivity index (χ1) is 14.4. The predicted octanol–water partition coefficient (Wildman–Crippen LogP) is 6.62. The Labute approximate surface area is 168 Å². The topological polar surface area (TPSA) is 3.88 Å². The van der Waals surface area contributed by atoms with Crippen LogP contribution in [0.3, 0.4) is 0 Å². The van der Waals surface area contributed by atoms with Gasteiger partial charge < -0.3 is 0 Å². The summed E-state index contributed by atoms with van der Waals surface area (Å²) < 4.78 is 2.42. The first kappa shape index (κ1) is 15.2. The molecule has 0 saturated carbocycles. The van der Waals surface area contributed by atoms with Crippen molar-refractivity contribution in [2.75, 3.05) is 0 Å². The van der Waals surface area contributed by atoms with Gasteiger partial charge in [-0.2, -0.15) is 4.57 Å². The van der Waals surface area contributed by atoms with Gasteiger partial charge in [-0.25, -0.2) is 0 Å². The summed E-state index contributed by atoms with van der Waals surface area (Å²) in [7, 11) is 0. The number of hydrogen-bond donors (Lipinski definition) is 0. The summed E-state index contributed by atoms with van der Waals surface area (Å²) in [6, 6.07) is 33.4. The minimum atomic E-state index is 0.937. The van der Waals surface area contributed by atoms with Crippen LogP contribution in [0, 0.1) is 0 Å². The number of hydrogen-bond acceptors (Lipinski definition) is 0. The highest BCUT2D eigenvalue weighted by Crippen LogP contribution is 2.38. The van der Waals surface area contributed by atoms with Crippen LogP contribution >= 0.6 is 0 Å². The molecule has 1 heteroatoms. The monoisotopic (exact) mass is 368 g/mol. The fourth-order valence-electron chi connectivity index (χ4n) is 5.14. The van der Waals surface area contributed by atoms with Gasteiger partial charge in [-0.3, -0.25) is 0 Å². The molecule has 2 heterocycles. The molecule has 0 radical (unpaired) electrons. The molecule has 5 aromatic carbocycles. The normalized spacial score (nSPS) is 12.7. The summed E-state index contributed by atoms with van der Waals surface area (Å²) in [4.78, 5) is 0. The van der Waals surface area contributed by atoms with Crippen LogP contribution in [0.15, 0.2) is 97.2 Å². The van der Waals surface area contributed by atoms with E-state index in [0.29, 0.717) is 0 Å². The lowest BCUT2D eigenvalue weighted by Crippen LogP contribution is -2.31. The Hall–Kier alpha value is -3.71. The van der Waals surface area contributed by atoms with Crippen LogP contribution in [0.4, 0.5) is 0 Å². The lowest BCUT2D eigenvalue weighted by Gasteiger charge is -2.09. The predicted molar refractivity (Wildman–Crippen MR) is 121 cm³/mol. The van der Waals surface area contributed by atoms with Crippen molar-refractivity contribution in [1.82, 2.24) is 0 Å². The van der Waals surface area contributed by atoms with Gasteiger partial charge in [-0.15, -0.1) is 0 Å². The van der Waals surface area contributed by atoms with Gasteiger partial charge in [0, 0.05) is 17.0 Å². The first-order valence-electron chi connectivity index (χ1n) is 10.2. The molecular formula is C28H18N+. The van der Waals surface area contributed by atoms with E-state index in [-0.39, 0.29) is 0 Å². The summed E-state index contributed by atoms with van der Waals surface area (Å²) in [5.74, 6) is 0. The number of benzene rings is 5. The third kappa shape index (κ3) is 2.02. The number of aromatic nitrogens is 1. The molecule has 29 heavy (non-hydrogen) atoms. The maximum atomic E-state index is 2.42. The Balaban J connectivity index is 1.64. The van der Waals surface area contributed by atoms with Crippen molar-refractivity contribution in [1.29, 1.82) is 0 Å². The van der Waals surface area contributed by atoms with E-state index in [1.54, 1.807) is 0 Å². The Morgan fingerprint density at radius 2 is 1.07 bits per heavy atom. The van der Waals surface area contributed by atoms with Crippen molar-refractivity contribution in [3.8, 4) is 11.3 Å². The third-order valence-electron chi connectivity index (χ3n) is 6.48. The lowest BCUT2D eigenvalue weighted by molar-refractivity contribution is -0.670. The molecule has 0 amide bonds. The molecule has 1 aromatic heterocycles. The van der Waals surface area contributed by atoms with Gasteiger partial charge in [-0.05, 0) is 44.5 Å². The fourth-order valence-corrected chi connectivity index (χ4v) is 5.14. The van der Waals surface area contributed by atoms with Crippen LogP contribution in [-0.2, 0) is 6.54 Å². The summed E-state index contributed by atoms with van der Waals surface area (Å²) in [5.41, 5.74) is 4.09. The van der Waals surface area contributed by atoms with Crippen molar-refractivity contribution >= 4 is 43.1 Å². The van der Waals surface area contributed by atoms with Crippen molar-refractivity contribution in [2.45, 2.75) is 6.54 Å². The zero-order valence-electron chi connectivity index (χ0n) is 15.9. The van der Waals surface area contributed by atoms with Gasteiger partial charge in [0.05, 0.1) is 10.9 Å². The van der Waals surface area contributed by atoms with E-state index in [2.05, 4.69) is 102 Å². The molecule has 134 valence electrons. The second-order valence-electron chi connectivity index (χ2n) is 8.06. The molecule has 0 saturated heterocycles. The Bertz CT molecular complexity index is 1630. The molecule has 0 unspecified atom stereocenters. The zero-order chi connectivity index (χ0) is 18.9. The largest absolute Gasteiger partial charge is 0.213 e. The number of rotatable bonds is 0. The third-order valence-corrected chi connectivity index (χ3v) is 6.48. The first-order valence-corrected chi connectivity index (χ1v) is 10.2. The minimum absolute atomic E-state index is 0.937. The van der Waals surface area contributed by atoms with Gasteiger partial charge in [0.2, 0.25) is 5.69 Å². The average Bonchev–Trinajstić information content (AvgIpc) is 3.13. The van der Waals surface area contributed by atoms with Crippen molar-refractivity contribution in [3.63, 3.8) is 0 Å². The van der Waals surface area contributed by atoms with E-state index >= 15 is 0 Å². The van der Waals surface area contributed by atoms with Gasteiger partial charge in [0.15, 0.2) is 12.7 Å². The lowest BCUT2D eigenvalue weighted by atomic mass is 9.94. The second kappa shape index (κ2) is 5.42. The van der Waals surface area contributed by atoms with Crippen LogP contribution in [0.2, 0.25) is 0 Å². The zero-order valence-corrected chi connectivity index (χ0v) is 15.9. The molecule has 1 aliphatic rings. The maximum absolute atomic E-state index is 2.42. The molecule has 0 atom stereocenters. The Morgan fingerprint density at radius 3 is 1.76 bits per heavy atom. The maximum Gasteiger partial charge on any atom is 0.213 e. The molecule has 1 nitrogen and oxygen atoms in total. The summed E-state index contributed by atoms with van der Waals surface area (Å²) >= 11 is 0. The van der Waals surface area contributed by atoms with Crippen molar-refractivity contribution in [3.05, 3.63) is 103 Å². The highest BCUT2D eigenvalue weighted by molar-refractivity contribution is 6.25. The average molecular weight is 368 g/mol. The van der Waals surface area contributed by atoms with Crippen LogP contribution in [0.1, 0.15) is 5.56 Å². The van der Waals surface area contributed by atoms with E-state index in [4.69, 9.17) is 0 Å². The van der Waals surface area contributed by atoms with Crippen LogP contribution < -0.4 is 4.57 Å². The number of nitrogens with zero attached hydrogens (tertiary/aromatic N) is 1. The standard InChI is InChI=1S/C28H18N/c1-2-8-19-14-25-20(13-18(19)7-1)16-29-17-27-24-12-6-4-10-22(24)21-9-3-5-11-23(21)26(27)15-28(25)29/h1-15,17H,16H2/q+1. The van der Waals surface area contributed by atoms with E-state index in [0.717, 1.165) is 6.54 Å². The summed E-state index contributed by atoms with van der Waals surface area (Å²) in [5, 5.41) is 10.6. The molecule has 1 aliphatic heterocycles. The Kier molecular flexibility index (Phi) is 2.85. The van der Waals surface area contributed by atoms with E-state index in [1.165, 1.54) is 59.9 Å². The van der Waals surface area contributed by atoms with E-state index < -0.39 is 0 Å². The second-order valence-corrected chi connectivity index (χ2v) is 8.06. The smallest absolute Gasteiger partial charge is 0.193 e. The van der Waals surface area contributed by atoms with Gasteiger partial charge in [0.1, 0.15) is 0 Å². The van der Waals surface area contributed by atoms with Gasteiger partial charge in [-0.1, -0.05) is 72.8 Å².